The van der Waals surface area contributed by atoms with Gasteiger partial charge >= 0.3 is 0 Å². The smallest absolute Gasteiger partial charge is 0.199 e. The normalized spacial score (nSPS) is 11.7. The molecule has 0 aliphatic heterocycles. The summed E-state index contributed by atoms with van der Waals surface area (Å²) >= 11 is 0. The van der Waals surface area contributed by atoms with E-state index in [4.69, 9.17) is 0 Å². The lowest BCUT2D eigenvalue weighted by molar-refractivity contribution is 0.581. The summed E-state index contributed by atoms with van der Waals surface area (Å²) in [5.74, 6) is 0. The van der Waals surface area contributed by atoms with E-state index in [0.29, 0.717) is 11.9 Å². The Morgan fingerprint density at radius 3 is 2.23 bits per heavy atom. The first-order valence-electron chi connectivity index (χ1n) is 8.38. The molecule has 0 atom stereocenters. The largest absolute Gasteiger partial charge is 0.283 e. The molecule has 3 aromatic carbocycles. The third-order valence-corrected chi connectivity index (χ3v) is 6.00. The number of aryl methyl sites for hydroxylation is 1. The van der Waals surface area contributed by atoms with Crippen molar-refractivity contribution in [2.75, 3.05) is 0 Å². The van der Waals surface area contributed by atoms with E-state index >= 15 is 0 Å². The van der Waals surface area contributed by atoms with E-state index in [0.717, 1.165) is 26.3 Å². The number of hydrogen-bond donors (Lipinski definition) is 0. The first kappa shape index (κ1) is 16.5. The Labute approximate surface area is 152 Å². The van der Waals surface area contributed by atoms with Gasteiger partial charge in [-0.2, -0.15) is 17.6 Å². The lowest BCUT2D eigenvalue weighted by Gasteiger charge is -2.06. The topological polar surface area (TPSA) is 52.0 Å². The Hall–Kier alpha value is -2.92. The fraction of sp³-hybridized carbons (Fsp3) is 0.0952. The minimum Gasteiger partial charge on any atom is -0.199 e. The fourth-order valence-corrected chi connectivity index (χ4v) is 4.32. The molecular weight excluding hydrogens is 344 g/mol. The number of rotatable bonds is 4. The Bertz CT molecular complexity index is 1160. The standard InChI is InChI=1S/C21H18N2O2S/c1-16-11-13-18(14-12-16)26(24,25)23-21-10-6-5-9-19(21)20(22-23)15-17-7-3-2-4-8-17/h2-14H,15H2,1H3. The molecule has 0 unspecified atom stereocenters. The zero-order valence-electron chi connectivity index (χ0n) is 14.3. The number of benzene rings is 3. The van der Waals surface area contributed by atoms with Crippen LogP contribution in [0.15, 0.2) is 83.8 Å². The van der Waals surface area contributed by atoms with E-state index in [1.165, 1.54) is 0 Å². The molecule has 0 N–H and O–H groups in total. The zero-order valence-corrected chi connectivity index (χ0v) is 15.1. The van der Waals surface area contributed by atoms with Crippen LogP contribution >= 0.6 is 0 Å². The molecule has 0 saturated heterocycles. The summed E-state index contributed by atoms with van der Waals surface area (Å²) in [7, 11) is -3.75. The molecule has 130 valence electrons. The summed E-state index contributed by atoms with van der Waals surface area (Å²) in [5.41, 5.74) is 3.45. The second-order valence-electron chi connectivity index (χ2n) is 6.29. The SMILES string of the molecule is Cc1ccc(S(=O)(=O)n2nc(Cc3ccccc3)c3ccccc32)cc1. The van der Waals surface area contributed by atoms with E-state index in [-0.39, 0.29) is 4.90 Å². The molecule has 0 radical (unpaired) electrons. The number of para-hydroxylation sites is 1. The van der Waals surface area contributed by atoms with E-state index < -0.39 is 10.0 Å². The third kappa shape index (κ3) is 2.91. The quantitative estimate of drug-likeness (QED) is 0.547. The van der Waals surface area contributed by atoms with Crippen LogP contribution in [-0.4, -0.2) is 17.6 Å². The molecule has 0 bridgehead atoms. The molecule has 0 fully saturated rings. The highest BCUT2D eigenvalue weighted by atomic mass is 32.2. The van der Waals surface area contributed by atoms with E-state index in [1.807, 2.05) is 55.5 Å². The molecular formula is C21H18N2O2S. The molecule has 0 saturated carbocycles. The van der Waals surface area contributed by atoms with Crippen LogP contribution in [0.25, 0.3) is 10.9 Å². The van der Waals surface area contributed by atoms with Crippen molar-refractivity contribution in [1.82, 2.24) is 9.19 Å². The highest BCUT2D eigenvalue weighted by Crippen LogP contribution is 2.25. The first-order chi connectivity index (χ1) is 12.6. The van der Waals surface area contributed by atoms with Crippen molar-refractivity contribution >= 4 is 20.9 Å². The molecule has 4 nitrogen and oxygen atoms in total. The Kier molecular flexibility index (Phi) is 4.09. The van der Waals surface area contributed by atoms with Gasteiger partial charge in [-0.25, -0.2) is 0 Å². The van der Waals surface area contributed by atoms with Crippen LogP contribution in [0.2, 0.25) is 0 Å². The highest BCUT2D eigenvalue weighted by molar-refractivity contribution is 7.90. The third-order valence-electron chi connectivity index (χ3n) is 4.39. The molecule has 4 rings (SSSR count). The van der Waals surface area contributed by atoms with Crippen molar-refractivity contribution in [2.24, 2.45) is 0 Å². The second kappa shape index (κ2) is 6.42. The maximum absolute atomic E-state index is 13.1. The van der Waals surface area contributed by atoms with Crippen molar-refractivity contribution in [1.29, 1.82) is 0 Å². The summed E-state index contributed by atoms with van der Waals surface area (Å²) in [5, 5.41) is 5.34. The van der Waals surface area contributed by atoms with Crippen molar-refractivity contribution in [2.45, 2.75) is 18.2 Å². The van der Waals surface area contributed by atoms with Crippen molar-refractivity contribution in [3.05, 3.63) is 95.7 Å². The molecule has 26 heavy (non-hydrogen) atoms. The van der Waals surface area contributed by atoms with Crippen LogP contribution in [0.5, 0.6) is 0 Å². The number of nitrogens with zero attached hydrogens (tertiary/aromatic N) is 2. The van der Waals surface area contributed by atoms with Crippen molar-refractivity contribution < 1.29 is 8.42 Å². The summed E-state index contributed by atoms with van der Waals surface area (Å²) < 4.78 is 27.4. The lowest BCUT2D eigenvalue weighted by Crippen LogP contribution is -2.14. The number of aromatic nitrogens is 2. The van der Waals surface area contributed by atoms with Gasteiger partial charge in [0.15, 0.2) is 0 Å². The van der Waals surface area contributed by atoms with Gasteiger partial charge in [0.1, 0.15) is 0 Å². The van der Waals surface area contributed by atoms with Gasteiger partial charge in [0.2, 0.25) is 0 Å². The van der Waals surface area contributed by atoms with Crippen LogP contribution in [0.4, 0.5) is 0 Å². The molecule has 5 heteroatoms. The van der Waals surface area contributed by atoms with Gasteiger partial charge in [0, 0.05) is 11.8 Å². The predicted octanol–water partition coefficient (Wildman–Crippen LogP) is 4.17. The number of fused-ring (bicyclic) bond motifs is 1. The molecule has 0 aliphatic carbocycles. The second-order valence-corrected chi connectivity index (χ2v) is 8.05. The average molecular weight is 362 g/mol. The molecule has 0 amide bonds. The van der Waals surface area contributed by atoms with Crippen LogP contribution in [0.3, 0.4) is 0 Å². The molecule has 1 heterocycles. The summed E-state index contributed by atoms with van der Waals surface area (Å²) in [6, 6.07) is 24.2. The molecule has 0 aliphatic rings. The lowest BCUT2D eigenvalue weighted by atomic mass is 10.1. The summed E-state index contributed by atoms with van der Waals surface area (Å²) in [6.07, 6.45) is 0.581. The minimum absolute atomic E-state index is 0.239. The summed E-state index contributed by atoms with van der Waals surface area (Å²) in [6.45, 7) is 1.93. The van der Waals surface area contributed by atoms with Crippen LogP contribution in [0, 0.1) is 6.92 Å². The molecule has 1 aromatic heterocycles. The number of hydrogen-bond acceptors (Lipinski definition) is 3. The summed E-state index contributed by atoms with van der Waals surface area (Å²) in [4.78, 5) is 0.239. The predicted molar refractivity (Wildman–Crippen MR) is 103 cm³/mol. The Morgan fingerprint density at radius 1 is 0.846 bits per heavy atom. The van der Waals surface area contributed by atoms with Gasteiger partial charge in [-0.05, 0) is 30.7 Å². The van der Waals surface area contributed by atoms with E-state index in [2.05, 4.69) is 5.10 Å². The van der Waals surface area contributed by atoms with Crippen LogP contribution in [0.1, 0.15) is 16.8 Å². The van der Waals surface area contributed by atoms with Crippen molar-refractivity contribution in [3.63, 3.8) is 0 Å². The first-order valence-corrected chi connectivity index (χ1v) is 9.82. The monoisotopic (exact) mass is 362 g/mol. The van der Waals surface area contributed by atoms with E-state index in [9.17, 15) is 8.42 Å². The van der Waals surface area contributed by atoms with Crippen molar-refractivity contribution in [3.8, 4) is 0 Å². The van der Waals surface area contributed by atoms with Gasteiger partial charge in [-0.3, -0.25) is 0 Å². The molecule has 4 aromatic rings. The van der Waals surface area contributed by atoms with Gasteiger partial charge in [-0.1, -0.05) is 66.2 Å². The van der Waals surface area contributed by atoms with Crippen LogP contribution in [-0.2, 0) is 16.4 Å². The fourth-order valence-electron chi connectivity index (χ4n) is 3.01. The minimum atomic E-state index is -3.75. The maximum Gasteiger partial charge on any atom is 0.283 e. The Balaban J connectivity index is 1.87. The zero-order chi connectivity index (χ0) is 18.1. The molecule has 0 spiro atoms. The Morgan fingerprint density at radius 2 is 1.50 bits per heavy atom. The maximum atomic E-state index is 13.1. The highest BCUT2D eigenvalue weighted by Gasteiger charge is 2.22. The van der Waals surface area contributed by atoms with Gasteiger partial charge < -0.3 is 0 Å². The van der Waals surface area contributed by atoms with E-state index in [1.54, 1.807) is 30.3 Å². The van der Waals surface area contributed by atoms with Gasteiger partial charge in [0.25, 0.3) is 10.0 Å². The van der Waals surface area contributed by atoms with Gasteiger partial charge in [0.05, 0.1) is 16.1 Å². The average Bonchev–Trinajstić information content (AvgIpc) is 3.02. The van der Waals surface area contributed by atoms with Gasteiger partial charge in [-0.15, -0.1) is 0 Å². The van der Waals surface area contributed by atoms with Crippen LogP contribution < -0.4 is 0 Å².